The van der Waals surface area contributed by atoms with Gasteiger partial charge in [-0.2, -0.15) is 22.6 Å². The smallest absolute Gasteiger partial charge is 0.406 e. The molecule has 1 saturated heterocycles. The molecule has 1 atom stereocenters. The van der Waals surface area contributed by atoms with Gasteiger partial charge in [0.05, 0.1) is 10.9 Å². The van der Waals surface area contributed by atoms with E-state index < -0.39 is 44.9 Å². The number of ether oxygens (including phenoxy) is 1. The van der Waals surface area contributed by atoms with Crippen LogP contribution in [0.3, 0.4) is 0 Å². The van der Waals surface area contributed by atoms with Crippen LogP contribution in [0, 0.1) is 0 Å². The van der Waals surface area contributed by atoms with Crippen LogP contribution in [0.2, 0.25) is 0 Å². The largest absolute Gasteiger partial charge is 0.573 e. The molecule has 0 bridgehead atoms. The van der Waals surface area contributed by atoms with Crippen LogP contribution in [0.25, 0.3) is 0 Å². The normalized spacial score (nSPS) is 19.3. The summed E-state index contributed by atoms with van der Waals surface area (Å²) in [6.07, 6.45) is -8.13. The van der Waals surface area contributed by atoms with Gasteiger partial charge in [-0.25, -0.2) is 8.42 Å². The molecule has 1 aromatic carbocycles. The third-order valence-corrected chi connectivity index (χ3v) is 6.20. The molecule has 160 valence electrons. The molecular formula is C16H15F6N3O3S. The van der Waals surface area contributed by atoms with Crippen molar-refractivity contribution in [2.24, 2.45) is 0 Å². The molecule has 0 radical (unpaired) electrons. The molecule has 2 aromatic rings. The molecule has 13 heteroatoms. The Kier molecular flexibility index (Phi) is 5.56. The highest BCUT2D eigenvalue weighted by atomic mass is 32.2. The second kappa shape index (κ2) is 7.52. The van der Waals surface area contributed by atoms with E-state index in [1.54, 1.807) is 0 Å². The molecule has 1 fully saturated rings. The summed E-state index contributed by atoms with van der Waals surface area (Å²) in [5.41, 5.74) is -0.998. The van der Waals surface area contributed by atoms with Gasteiger partial charge in [0.1, 0.15) is 11.4 Å². The van der Waals surface area contributed by atoms with Crippen LogP contribution in [0.15, 0.2) is 41.4 Å². The highest BCUT2D eigenvalue weighted by Gasteiger charge is 2.39. The number of halogens is 6. The number of nitrogens with zero attached hydrogens (tertiary/aromatic N) is 3. The van der Waals surface area contributed by atoms with E-state index in [0.717, 1.165) is 45.5 Å². The van der Waals surface area contributed by atoms with Crippen molar-refractivity contribution in [2.75, 3.05) is 13.1 Å². The van der Waals surface area contributed by atoms with Crippen molar-refractivity contribution in [3.63, 3.8) is 0 Å². The molecule has 1 unspecified atom stereocenters. The Balaban J connectivity index is 1.85. The van der Waals surface area contributed by atoms with Gasteiger partial charge >= 0.3 is 12.5 Å². The van der Waals surface area contributed by atoms with Gasteiger partial charge in [-0.1, -0.05) is 6.07 Å². The van der Waals surface area contributed by atoms with Crippen molar-refractivity contribution < 1.29 is 39.5 Å². The summed E-state index contributed by atoms with van der Waals surface area (Å²) in [5.74, 6) is -0.710. The molecule has 0 aliphatic carbocycles. The zero-order chi connectivity index (χ0) is 21.4. The van der Waals surface area contributed by atoms with E-state index >= 15 is 0 Å². The van der Waals surface area contributed by atoms with Gasteiger partial charge < -0.3 is 4.74 Å². The summed E-state index contributed by atoms with van der Waals surface area (Å²) >= 11 is 0. The van der Waals surface area contributed by atoms with Crippen molar-refractivity contribution in [1.82, 2.24) is 14.1 Å². The minimum Gasteiger partial charge on any atom is -0.406 e. The fraction of sp³-hybridized carbons (Fsp3) is 0.438. The Morgan fingerprint density at radius 1 is 1.10 bits per heavy atom. The molecule has 0 amide bonds. The maximum absolute atomic E-state index is 13.1. The first-order chi connectivity index (χ1) is 13.4. The fourth-order valence-electron chi connectivity index (χ4n) is 3.15. The maximum atomic E-state index is 13.1. The lowest BCUT2D eigenvalue weighted by atomic mass is 10.1. The maximum Gasteiger partial charge on any atom is 0.573 e. The first kappa shape index (κ1) is 21.4. The monoisotopic (exact) mass is 443 g/mol. The number of rotatable bonds is 4. The number of alkyl halides is 6. The Morgan fingerprint density at radius 2 is 1.83 bits per heavy atom. The average Bonchev–Trinajstić information content (AvgIpc) is 3.11. The van der Waals surface area contributed by atoms with Crippen molar-refractivity contribution in [3.8, 4) is 5.75 Å². The average molecular weight is 443 g/mol. The highest BCUT2D eigenvalue weighted by molar-refractivity contribution is 7.89. The van der Waals surface area contributed by atoms with Crippen LogP contribution < -0.4 is 4.74 Å². The lowest BCUT2D eigenvalue weighted by Gasteiger charge is -2.33. The Labute approximate surface area is 161 Å². The molecule has 1 aliphatic rings. The minimum absolute atomic E-state index is 0.0197. The number of aromatic nitrogens is 2. The number of hydrogen-bond acceptors (Lipinski definition) is 4. The van der Waals surface area contributed by atoms with E-state index in [0.29, 0.717) is 0 Å². The first-order valence-corrected chi connectivity index (χ1v) is 9.78. The van der Waals surface area contributed by atoms with Gasteiger partial charge in [-0.05, 0) is 31.0 Å². The third-order valence-electron chi connectivity index (χ3n) is 4.34. The Bertz CT molecular complexity index is 971. The van der Waals surface area contributed by atoms with Gasteiger partial charge in [0, 0.05) is 25.4 Å². The molecular weight excluding hydrogens is 428 g/mol. The molecule has 0 spiro atoms. The van der Waals surface area contributed by atoms with Gasteiger partial charge in [-0.15, -0.1) is 13.2 Å². The Hall–Kier alpha value is -2.28. The SMILES string of the molecule is O=S(=O)(c1cccc(OC(F)(F)F)c1)N1CCCC(n2nccc2C(F)(F)F)C1. The van der Waals surface area contributed by atoms with Crippen LogP contribution in [-0.4, -0.2) is 42.0 Å². The van der Waals surface area contributed by atoms with Gasteiger partial charge in [0.15, 0.2) is 0 Å². The van der Waals surface area contributed by atoms with E-state index in [4.69, 9.17) is 0 Å². The molecule has 1 aliphatic heterocycles. The number of sulfonamides is 1. The number of hydrogen-bond donors (Lipinski definition) is 0. The molecule has 29 heavy (non-hydrogen) atoms. The summed E-state index contributed by atoms with van der Waals surface area (Å²) in [4.78, 5) is -0.448. The molecule has 6 nitrogen and oxygen atoms in total. The van der Waals surface area contributed by atoms with Crippen molar-refractivity contribution >= 4 is 10.0 Å². The van der Waals surface area contributed by atoms with E-state index in [1.807, 2.05) is 0 Å². The zero-order valence-corrected chi connectivity index (χ0v) is 15.4. The topological polar surface area (TPSA) is 64.4 Å². The molecule has 1 aromatic heterocycles. The summed E-state index contributed by atoms with van der Waals surface area (Å²) in [5, 5.41) is 3.68. The van der Waals surface area contributed by atoms with E-state index in [9.17, 15) is 34.8 Å². The molecule has 0 N–H and O–H groups in total. The van der Waals surface area contributed by atoms with E-state index in [2.05, 4.69) is 9.84 Å². The van der Waals surface area contributed by atoms with Crippen LogP contribution >= 0.6 is 0 Å². The summed E-state index contributed by atoms with van der Waals surface area (Å²) < 4.78 is 108. The quantitative estimate of drug-likeness (QED) is 0.674. The lowest BCUT2D eigenvalue weighted by Crippen LogP contribution is -2.41. The molecule has 0 saturated carbocycles. The van der Waals surface area contributed by atoms with Crippen LogP contribution in [0.5, 0.6) is 5.75 Å². The summed E-state index contributed by atoms with van der Waals surface area (Å²) in [7, 11) is -4.25. The van der Waals surface area contributed by atoms with Crippen molar-refractivity contribution in [2.45, 2.75) is 36.3 Å². The van der Waals surface area contributed by atoms with Gasteiger partial charge in [-0.3, -0.25) is 4.68 Å². The Morgan fingerprint density at radius 3 is 2.48 bits per heavy atom. The highest BCUT2D eigenvalue weighted by Crippen LogP contribution is 2.34. The third kappa shape index (κ3) is 4.83. The first-order valence-electron chi connectivity index (χ1n) is 8.34. The summed E-state index contributed by atoms with van der Waals surface area (Å²) in [6.45, 7) is -0.275. The number of piperidine rings is 1. The van der Waals surface area contributed by atoms with Crippen molar-refractivity contribution in [1.29, 1.82) is 0 Å². The lowest BCUT2D eigenvalue weighted by molar-refractivity contribution is -0.274. The standard InChI is InChI=1S/C16H15F6N3O3S/c17-15(18,19)14-6-7-23-25(14)11-3-2-8-24(10-11)29(26,27)13-5-1-4-12(9-13)28-16(20,21)22/h1,4-7,9,11H,2-3,8,10H2. The van der Waals surface area contributed by atoms with Crippen LogP contribution in [0.4, 0.5) is 26.3 Å². The van der Waals surface area contributed by atoms with E-state index in [-0.39, 0.29) is 25.9 Å². The predicted octanol–water partition coefficient (Wildman–Crippen LogP) is 3.83. The van der Waals surface area contributed by atoms with Crippen LogP contribution in [0.1, 0.15) is 24.6 Å². The van der Waals surface area contributed by atoms with E-state index in [1.165, 1.54) is 0 Å². The zero-order valence-electron chi connectivity index (χ0n) is 14.6. The van der Waals surface area contributed by atoms with Crippen molar-refractivity contribution in [3.05, 3.63) is 42.2 Å². The van der Waals surface area contributed by atoms with Gasteiger partial charge in [0.25, 0.3) is 0 Å². The van der Waals surface area contributed by atoms with Gasteiger partial charge in [0.2, 0.25) is 10.0 Å². The second-order valence-corrected chi connectivity index (χ2v) is 8.28. The second-order valence-electron chi connectivity index (χ2n) is 6.34. The summed E-state index contributed by atoms with van der Waals surface area (Å²) in [6, 6.07) is 3.79. The van der Waals surface area contributed by atoms with Crippen LogP contribution in [-0.2, 0) is 16.2 Å². The molecule has 3 rings (SSSR count). The number of benzene rings is 1. The minimum atomic E-state index is -4.99. The molecule has 2 heterocycles. The predicted molar refractivity (Wildman–Crippen MR) is 87.4 cm³/mol. The fourth-order valence-corrected chi connectivity index (χ4v) is 4.70.